The lowest BCUT2D eigenvalue weighted by molar-refractivity contribution is -0.120. The molecule has 25 heavy (non-hydrogen) atoms. The van der Waals surface area contributed by atoms with Crippen LogP contribution in [0.15, 0.2) is 47.1 Å². The van der Waals surface area contributed by atoms with Crippen molar-refractivity contribution in [2.24, 2.45) is 0 Å². The molecule has 4 nitrogen and oxygen atoms in total. The molecular formula is C18H13Cl3N2O2. The normalized spacial score (nSPS) is 14.5. The van der Waals surface area contributed by atoms with Crippen molar-refractivity contribution < 1.29 is 9.59 Å². The summed E-state index contributed by atoms with van der Waals surface area (Å²) in [4.78, 5) is 26.4. The number of hydrogen-bond acceptors (Lipinski definition) is 3. The van der Waals surface area contributed by atoms with Gasteiger partial charge in [0.05, 0.1) is 15.7 Å². The lowest BCUT2D eigenvalue weighted by Gasteiger charge is -2.18. The van der Waals surface area contributed by atoms with Crippen LogP contribution in [0.5, 0.6) is 0 Å². The van der Waals surface area contributed by atoms with Crippen LogP contribution in [-0.2, 0) is 9.59 Å². The summed E-state index contributed by atoms with van der Waals surface area (Å²) in [5.74, 6) is -1.09. The largest absolute Gasteiger partial charge is 0.350 e. The number of carbonyl (C=O) groups excluding carboxylic acids is 2. The minimum atomic E-state index is -0.567. The highest BCUT2D eigenvalue weighted by Crippen LogP contribution is 2.33. The molecule has 0 radical (unpaired) electrons. The maximum atomic E-state index is 12.8. The molecule has 2 aromatic rings. The molecule has 2 amide bonds. The Morgan fingerprint density at radius 2 is 1.64 bits per heavy atom. The summed E-state index contributed by atoms with van der Waals surface area (Å²) in [5, 5.41) is 3.41. The van der Waals surface area contributed by atoms with Crippen LogP contribution in [0.2, 0.25) is 10.0 Å². The smallest absolute Gasteiger partial charge is 0.283 e. The molecule has 1 N–H and O–H groups in total. The quantitative estimate of drug-likeness (QED) is 0.740. The monoisotopic (exact) mass is 394 g/mol. The number of hydrogen-bond donors (Lipinski definition) is 1. The van der Waals surface area contributed by atoms with Crippen LogP contribution in [-0.4, -0.2) is 11.8 Å². The molecule has 0 spiro atoms. The van der Waals surface area contributed by atoms with Gasteiger partial charge in [-0.05, 0) is 49.2 Å². The Balaban J connectivity index is 1.96. The van der Waals surface area contributed by atoms with Crippen molar-refractivity contribution in [2.75, 3.05) is 10.2 Å². The van der Waals surface area contributed by atoms with Crippen LogP contribution >= 0.6 is 34.8 Å². The van der Waals surface area contributed by atoms with Crippen molar-refractivity contribution in [3.63, 3.8) is 0 Å². The van der Waals surface area contributed by atoms with Gasteiger partial charge in [0.15, 0.2) is 0 Å². The van der Waals surface area contributed by atoms with Gasteiger partial charge in [-0.1, -0.05) is 46.9 Å². The fourth-order valence-electron chi connectivity index (χ4n) is 2.53. The first kappa shape index (κ1) is 17.8. The van der Waals surface area contributed by atoms with Crippen LogP contribution in [0.3, 0.4) is 0 Å². The van der Waals surface area contributed by atoms with Crippen molar-refractivity contribution in [3.05, 3.63) is 68.3 Å². The molecule has 0 bridgehead atoms. The molecule has 0 atom stereocenters. The highest BCUT2D eigenvalue weighted by molar-refractivity contribution is 6.53. The Kier molecular flexibility index (Phi) is 4.78. The van der Waals surface area contributed by atoms with E-state index in [1.165, 1.54) is 0 Å². The van der Waals surface area contributed by atoms with Crippen LogP contribution in [0, 0.1) is 13.8 Å². The van der Waals surface area contributed by atoms with Crippen molar-refractivity contribution in [2.45, 2.75) is 13.8 Å². The van der Waals surface area contributed by atoms with Gasteiger partial charge < -0.3 is 5.32 Å². The molecule has 0 fully saturated rings. The van der Waals surface area contributed by atoms with E-state index in [9.17, 15) is 9.59 Å². The molecular weight excluding hydrogens is 383 g/mol. The molecule has 1 aliphatic rings. The van der Waals surface area contributed by atoms with E-state index in [4.69, 9.17) is 34.8 Å². The Hall–Kier alpha value is -2.01. The molecule has 128 valence electrons. The fraction of sp³-hybridized carbons (Fsp3) is 0.111. The van der Waals surface area contributed by atoms with Gasteiger partial charge in [0.25, 0.3) is 11.8 Å². The first-order chi connectivity index (χ1) is 11.8. The predicted octanol–water partition coefficient (Wildman–Crippen LogP) is 5.05. The van der Waals surface area contributed by atoms with Gasteiger partial charge in [0.1, 0.15) is 10.7 Å². The topological polar surface area (TPSA) is 49.4 Å². The number of aryl methyl sites for hydroxylation is 1. The van der Waals surface area contributed by atoms with E-state index in [0.29, 0.717) is 21.4 Å². The van der Waals surface area contributed by atoms with E-state index < -0.39 is 11.8 Å². The highest BCUT2D eigenvalue weighted by atomic mass is 35.5. The van der Waals surface area contributed by atoms with Gasteiger partial charge in [-0.3, -0.25) is 9.59 Å². The van der Waals surface area contributed by atoms with E-state index in [2.05, 4.69) is 5.32 Å². The van der Waals surface area contributed by atoms with Gasteiger partial charge in [-0.2, -0.15) is 0 Å². The average Bonchev–Trinajstić information content (AvgIpc) is 2.78. The third-order valence-electron chi connectivity index (χ3n) is 4.03. The summed E-state index contributed by atoms with van der Waals surface area (Å²) in [7, 11) is 0. The maximum absolute atomic E-state index is 12.8. The highest BCUT2D eigenvalue weighted by Gasteiger charge is 2.39. The molecule has 7 heteroatoms. The van der Waals surface area contributed by atoms with Crippen LogP contribution < -0.4 is 10.2 Å². The minimum absolute atomic E-state index is 0.00552. The lowest BCUT2D eigenvalue weighted by Crippen LogP contribution is -2.33. The Bertz CT molecular complexity index is 938. The first-order valence-corrected chi connectivity index (χ1v) is 8.51. The number of rotatable bonds is 3. The summed E-state index contributed by atoms with van der Waals surface area (Å²) in [6.07, 6.45) is 0. The number of nitrogens with zero attached hydrogens (tertiary/aromatic N) is 1. The second kappa shape index (κ2) is 6.71. The van der Waals surface area contributed by atoms with E-state index >= 15 is 0 Å². The zero-order chi connectivity index (χ0) is 18.3. The first-order valence-electron chi connectivity index (χ1n) is 7.38. The molecule has 1 heterocycles. The van der Waals surface area contributed by atoms with Gasteiger partial charge in [-0.25, -0.2) is 4.90 Å². The maximum Gasteiger partial charge on any atom is 0.283 e. The number of carbonyl (C=O) groups is 2. The summed E-state index contributed by atoms with van der Waals surface area (Å²) >= 11 is 18.0. The molecule has 0 unspecified atom stereocenters. The zero-order valence-corrected chi connectivity index (χ0v) is 15.6. The Morgan fingerprint density at radius 3 is 2.32 bits per heavy atom. The zero-order valence-electron chi connectivity index (χ0n) is 13.4. The lowest BCUT2D eigenvalue weighted by atomic mass is 10.1. The Morgan fingerprint density at radius 1 is 0.920 bits per heavy atom. The summed E-state index contributed by atoms with van der Waals surface area (Å²) in [5.41, 5.74) is 2.83. The molecule has 0 aliphatic carbocycles. The third kappa shape index (κ3) is 3.13. The minimum Gasteiger partial charge on any atom is -0.350 e. The van der Waals surface area contributed by atoms with Crippen molar-refractivity contribution in [3.8, 4) is 0 Å². The third-order valence-corrected chi connectivity index (χ3v) is 5.12. The standard InChI is InChI=1S/C18H13Cl3N2O2/c1-9-4-3-5-14(10(9)2)23-17(24)15(21)16(18(23)25)22-11-6-7-12(19)13(20)8-11/h3-8,22H,1-2H3. The van der Waals surface area contributed by atoms with E-state index in [0.717, 1.165) is 16.0 Å². The van der Waals surface area contributed by atoms with E-state index in [-0.39, 0.29) is 10.7 Å². The average molecular weight is 396 g/mol. The number of anilines is 2. The van der Waals surface area contributed by atoms with E-state index in [1.54, 1.807) is 30.3 Å². The van der Waals surface area contributed by atoms with Crippen molar-refractivity contribution in [1.29, 1.82) is 0 Å². The summed E-state index contributed by atoms with van der Waals surface area (Å²) in [6.45, 7) is 3.76. The van der Waals surface area contributed by atoms with Crippen molar-refractivity contribution >= 4 is 58.0 Å². The van der Waals surface area contributed by atoms with Crippen LogP contribution in [0.4, 0.5) is 11.4 Å². The molecule has 2 aromatic carbocycles. The molecule has 0 saturated heterocycles. The van der Waals surface area contributed by atoms with Crippen LogP contribution in [0.1, 0.15) is 11.1 Å². The number of imide groups is 1. The van der Waals surface area contributed by atoms with Gasteiger partial charge in [0.2, 0.25) is 0 Å². The van der Waals surface area contributed by atoms with Crippen LogP contribution in [0.25, 0.3) is 0 Å². The number of amides is 2. The van der Waals surface area contributed by atoms with E-state index in [1.807, 2.05) is 19.9 Å². The second-order valence-electron chi connectivity index (χ2n) is 5.61. The predicted molar refractivity (Wildman–Crippen MR) is 101 cm³/mol. The summed E-state index contributed by atoms with van der Waals surface area (Å²) in [6, 6.07) is 10.2. The molecule has 1 aliphatic heterocycles. The van der Waals surface area contributed by atoms with Gasteiger partial charge in [-0.15, -0.1) is 0 Å². The SMILES string of the molecule is Cc1cccc(N2C(=O)C(Cl)=C(Nc3ccc(Cl)c(Cl)c3)C2=O)c1C. The number of halogens is 3. The van der Waals surface area contributed by atoms with Gasteiger partial charge >= 0.3 is 0 Å². The van der Waals surface area contributed by atoms with Gasteiger partial charge in [0, 0.05) is 5.69 Å². The summed E-state index contributed by atoms with van der Waals surface area (Å²) < 4.78 is 0. The fourth-order valence-corrected chi connectivity index (χ4v) is 3.04. The number of nitrogens with one attached hydrogen (secondary N) is 1. The Labute approximate surface area is 160 Å². The number of benzene rings is 2. The molecule has 0 saturated carbocycles. The molecule has 0 aromatic heterocycles. The molecule has 3 rings (SSSR count). The second-order valence-corrected chi connectivity index (χ2v) is 6.80. The van der Waals surface area contributed by atoms with Crippen molar-refractivity contribution in [1.82, 2.24) is 0 Å².